The van der Waals surface area contributed by atoms with Crippen LogP contribution in [-0.2, 0) is 0 Å². The third-order valence-electron chi connectivity index (χ3n) is 2.10. The Morgan fingerprint density at radius 3 is 2.92 bits per heavy atom. The lowest BCUT2D eigenvalue weighted by atomic mass is 10.1. The predicted octanol–water partition coefficient (Wildman–Crippen LogP) is 1.29. The van der Waals surface area contributed by atoms with Gasteiger partial charge in [0.1, 0.15) is 6.17 Å². The summed E-state index contributed by atoms with van der Waals surface area (Å²) >= 11 is 0. The Morgan fingerprint density at radius 2 is 2.15 bits per heavy atom. The fourth-order valence-electron chi connectivity index (χ4n) is 1.38. The Morgan fingerprint density at radius 1 is 1.46 bits per heavy atom. The van der Waals surface area contributed by atoms with Gasteiger partial charge in [-0.2, -0.15) is 5.06 Å². The number of nitrogens with zero attached hydrogens (tertiary/aromatic N) is 1. The average molecular weight is 178 g/mol. The van der Waals surface area contributed by atoms with E-state index < -0.39 is 0 Å². The summed E-state index contributed by atoms with van der Waals surface area (Å²) in [5.41, 5.74) is 1.27. The van der Waals surface area contributed by atoms with Crippen molar-refractivity contribution in [2.45, 2.75) is 13.1 Å². The van der Waals surface area contributed by atoms with Crippen LogP contribution < -0.4 is 5.32 Å². The minimum Gasteiger partial charge on any atom is -0.363 e. The molecule has 0 radical (unpaired) electrons. The number of rotatable bonds is 0. The zero-order valence-electron chi connectivity index (χ0n) is 7.19. The van der Waals surface area contributed by atoms with E-state index in [9.17, 15) is 10.0 Å². The summed E-state index contributed by atoms with van der Waals surface area (Å²) in [7, 11) is 0. The molecule has 1 unspecified atom stereocenters. The lowest BCUT2D eigenvalue weighted by Crippen LogP contribution is -2.44. The zero-order valence-corrected chi connectivity index (χ0v) is 7.19. The third kappa shape index (κ3) is 1.15. The molecule has 4 heteroatoms. The maximum Gasteiger partial charge on any atom is 0.281 e. The first-order chi connectivity index (χ1) is 6.20. The molecule has 0 bridgehead atoms. The van der Waals surface area contributed by atoms with Crippen LogP contribution in [0.4, 0.5) is 5.69 Å². The minimum atomic E-state index is -0.373. The SMILES string of the molecule is CC1Nc2ccccc2C(=O)N1O. The van der Waals surface area contributed by atoms with Gasteiger partial charge in [0.25, 0.3) is 5.91 Å². The Labute approximate surface area is 75.7 Å². The lowest BCUT2D eigenvalue weighted by Gasteiger charge is -2.30. The first kappa shape index (κ1) is 8.07. The van der Waals surface area contributed by atoms with Crippen molar-refractivity contribution in [1.29, 1.82) is 0 Å². The van der Waals surface area contributed by atoms with Crippen LogP contribution in [0.2, 0.25) is 0 Å². The van der Waals surface area contributed by atoms with E-state index in [1.54, 1.807) is 19.1 Å². The molecule has 0 saturated heterocycles. The molecule has 1 aromatic carbocycles. The fourth-order valence-corrected chi connectivity index (χ4v) is 1.38. The van der Waals surface area contributed by atoms with Crippen molar-refractivity contribution in [3.05, 3.63) is 29.8 Å². The molecular weight excluding hydrogens is 168 g/mol. The zero-order chi connectivity index (χ0) is 9.42. The van der Waals surface area contributed by atoms with Gasteiger partial charge in [0.05, 0.1) is 5.56 Å². The van der Waals surface area contributed by atoms with E-state index in [0.717, 1.165) is 5.69 Å². The number of benzene rings is 1. The van der Waals surface area contributed by atoms with E-state index in [0.29, 0.717) is 10.6 Å². The Bertz CT molecular complexity index is 351. The van der Waals surface area contributed by atoms with Crippen LogP contribution in [0.15, 0.2) is 24.3 Å². The fraction of sp³-hybridized carbons (Fsp3) is 0.222. The van der Waals surface area contributed by atoms with Crippen LogP contribution in [-0.4, -0.2) is 22.3 Å². The van der Waals surface area contributed by atoms with Crippen molar-refractivity contribution in [3.8, 4) is 0 Å². The average Bonchev–Trinajstić information content (AvgIpc) is 2.15. The summed E-state index contributed by atoms with van der Waals surface area (Å²) in [5.74, 6) is -0.359. The molecule has 2 rings (SSSR count). The first-order valence-corrected chi connectivity index (χ1v) is 4.08. The number of hydrogen-bond acceptors (Lipinski definition) is 3. The Balaban J connectivity index is 2.49. The normalized spacial score (nSPS) is 20.9. The first-order valence-electron chi connectivity index (χ1n) is 4.08. The van der Waals surface area contributed by atoms with Gasteiger partial charge in [0.2, 0.25) is 0 Å². The molecule has 2 N–H and O–H groups in total. The molecular formula is C9H10N2O2. The summed E-state index contributed by atoms with van der Waals surface area (Å²) in [6.45, 7) is 1.72. The van der Waals surface area contributed by atoms with E-state index in [1.165, 1.54) is 0 Å². The van der Waals surface area contributed by atoms with Crippen LogP contribution in [0.3, 0.4) is 0 Å². The second kappa shape index (κ2) is 2.74. The van der Waals surface area contributed by atoms with Gasteiger partial charge in [0, 0.05) is 5.69 Å². The van der Waals surface area contributed by atoms with Crippen LogP contribution in [0.5, 0.6) is 0 Å². The van der Waals surface area contributed by atoms with Crippen LogP contribution in [0.1, 0.15) is 17.3 Å². The van der Waals surface area contributed by atoms with Gasteiger partial charge in [-0.25, -0.2) is 0 Å². The maximum atomic E-state index is 11.5. The monoisotopic (exact) mass is 178 g/mol. The molecule has 1 amide bonds. The molecule has 13 heavy (non-hydrogen) atoms. The summed E-state index contributed by atoms with van der Waals surface area (Å²) in [6, 6.07) is 7.11. The van der Waals surface area contributed by atoms with Crippen LogP contribution in [0, 0.1) is 0 Å². The van der Waals surface area contributed by atoms with Gasteiger partial charge in [-0.15, -0.1) is 0 Å². The summed E-state index contributed by atoms with van der Waals surface area (Å²) in [6.07, 6.45) is -0.373. The topological polar surface area (TPSA) is 52.6 Å². The molecule has 1 atom stereocenters. The minimum absolute atomic E-state index is 0.359. The Hall–Kier alpha value is -1.55. The van der Waals surface area contributed by atoms with Crippen molar-refractivity contribution in [2.75, 3.05) is 5.32 Å². The number of anilines is 1. The number of fused-ring (bicyclic) bond motifs is 1. The molecule has 0 aliphatic carbocycles. The van der Waals surface area contributed by atoms with Gasteiger partial charge in [0.15, 0.2) is 0 Å². The number of carbonyl (C=O) groups is 1. The number of para-hydroxylation sites is 1. The number of hydroxylamine groups is 2. The molecule has 0 aromatic heterocycles. The molecule has 0 saturated carbocycles. The van der Waals surface area contributed by atoms with E-state index >= 15 is 0 Å². The lowest BCUT2D eigenvalue weighted by molar-refractivity contribution is -0.0792. The number of carbonyl (C=O) groups excluding carboxylic acids is 1. The van der Waals surface area contributed by atoms with Crippen molar-refractivity contribution in [1.82, 2.24) is 5.06 Å². The van der Waals surface area contributed by atoms with Gasteiger partial charge in [-0.1, -0.05) is 12.1 Å². The van der Waals surface area contributed by atoms with Gasteiger partial charge < -0.3 is 5.32 Å². The van der Waals surface area contributed by atoms with Crippen molar-refractivity contribution in [2.24, 2.45) is 0 Å². The van der Waals surface area contributed by atoms with Gasteiger partial charge in [-0.3, -0.25) is 10.0 Å². The van der Waals surface area contributed by atoms with E-state index in [4.69, 9.17) is 0 Å². The molecule has 1 heterocycles. The van der Waals surface area contributed by atoms with E-state index in [-0.39, 0.29) is 12.1 Å². The van der Waals surface area contributed by atoms with Crippen molar-refractivity contribution >= 4 is 11.6 Å². The maximum absolute atomic E-state index is 11.5. The standard InChI is InChI=1S/C9H10N2O2/c1-6-10-8-5-3-2-4-7(8)9(12)11(6)13/h2-6,10,13H,1H3. The summed E-state index contributed by atoms with van der Waals surface area (Å²) in [5, 5.41) is 13.0. The highest BCUT2D eigenvalue weighted by Crippen LogP contribution is 2.23. The number of hydrogen-bond donors (Lipinski definition) is 2. The van der Waals surface area contributed by atoms with E-state index in [2.05, 4.69) is 5.32 Å². The predicted molar refractivity (Wildman–Crippen MR) is 47.5 cm³/mol. The van der Waals surface area contributed by atoms with Crippen LogP contribution >= 0.6 is 0 Å². The molecule has 1 aliphatic rings. The molecule has 0 fully saturated rings. The van der Waals surface area contributed by atoms with Crippen molar-refractivity contribution in [3.63, 3.8) is 0 Å². The third-order valence-corrected chi connectivity index (χ3v) is 2.10. The Kier molecular flexibility index (Phi) is 1.70. The number of nitrogens with one attached hydrogen (secondary N) is 1. The number of amides is 1. The summed E-state index contributed by atoms with van der Waals surface area (Å²) < 4.78 is 0. The molecule has 1 aliphatic heterocycles. The van der Waals surface area contributed by atoms with Crippen LogP contribution in [0.25, 0.3) is 0 Å². The summed E-state index contributed by atoms with van der Waals surface area (Å²) in [4.78, 5) is 11.5. The quantitative estimate of drug-likeness (QED) is 0.588. The van der Waals surface area contributed by atoms with Gasteiger partial charge >= 0.3 is 0 Å². The van der Waals surface area contributed by atoms with Crippen molar-refractivity contribution < 1.29 is 10.0 Å². The highest BCUT2D eigenvalue weighted by molar-refractivity contribution is 6.00. The smallest absolute Gasteiger partial charge is 0.281 e. The van der Waals surface area contributed by atoms with E-state index in [1.807, 2.05) is 12.1 Å². The molecule has 1 aromatic rings. The molecule has 68 valence electrons. The van der Waals surface area contributed by atoms with Gasteiger partial charge in [-0.05, 0) is 19.1 Å². The highest BCUT2D eigenvalue weighted by atomic mass is 16.5. The largest absolute Gasteiger partial charge is 0.363 e. The second-order valence-electron chi connectivity index (χ2n) is 3.02. The molecule has 4 nitrogen and oxygen atoms in total. The molecule has 0 spiro atoms. The highest BCUT2D eigenvalue weighted by Gasteiger charge is 2.27. The second-order valence-corrected chi connectivity index (χ2v) is 3.02.